The highest BCUT2D eigenvalue weighted by atomic mass is 32.2. The summed E-state index contributed by atoms with van der Waals surface area (Å²) in [4.78, 5) is 12.1. The minimum absolute atomic E-state index is 0.0525. The second kappa shape index (κ2) is 8.67. The monoisotopic (exact) mass is 372 g/mol. The van der Waals surface area contributed by atoms with Gasteiger partial charge < -0.3 is 5.32 Å². The van der Waals surface area contributed by atoms with Crippen LogP contribution < -0.4 is 10.0 Å². The van der Waals surface area contributed by atoms with Crippen molar-refractivity contribution in [3.05, 3.63) is 71.8 Å². The van der Waals surface area contributed by atoms with Crippen molar-refractivity contribution in [2.45, 2.75) is 31.6 Å². The molecular weight excluding hydrogens is 348 g/mol. The van der Waals surface area contributed by atoms with Gasteiger partial charge in [0, 0.05) is 12.1 Å². The Labute approximate surface area is 155 Å². The maximum absolute atomic E-state index is 12.9. The largest absolute Gasteiger partial charge is 0.349 e. The summed E-state index contributed by atoms with van der Waals surface area (Å²) in [5.74, 6) is -0.342. The molecule has 6 heteroatoms. The van der Waals surface area contributed by atoms with Crippen LogP contribution >= 0.6 is 0 Å². The zero-order chi connectivity index (χ0) is 19.2. The van der Waals surface area contributed by atoms with E-state index in [1.807, 2.05) is 32.0 Å². The number of hydrogen-bond donors (Lipinski definition) is 2. The highest BCUT2D eigenvalue weighted by molar-refractivity contribution is 7.92. The molecule has 0 saturated heterocycles. The van der Waals surface area contributed by atoms with E-state index in [1.165, 1.54) is 12.1 Å². The molecule has 0 bridgehead atoms. The van der Waals surface area contributed by atoms with Crippen molar-refractivity contribution in [3.63, 3.8) is 0 Å². The van der Waals surface area contributed by atoms with Crippen LogP contribution in [-0.2, 0) is 22.9 Å². The molecule has 1 amide bonds. The van der Waals surface area contributed by atoms with Gasteiger partial charge >= 0.3 is 0 Å². The molecular formula is C20H24N2O3S. The van der Waals surface area contributed by atoms with Gasteiger partial charge in [-0.05, 0) is 42.2 Å². The fourth-order valence-corrected chi connectivity index (χ4v) is 3.83. The van der Waals surface area contributed by atoms with Gasteiger partial charge in [0.2, 0.25) is 0 Å². The van der Waals surface area contributed by atoms with Gasteiger partial charge in [0.05, 0.1) is 10.6 Å². The second-order valence-electron chi connectivity index (χ2n) is 5.79. The molecule has 0 saturated carbocycles. The first-order valence-corrected chi connectivity index (χ1v) is 10.0. The lowest BCUT2D eigenvalue weighted by Gasteiger charge is -2.16. The molecule has 0 heterocycles. The summed E-state index contributed by atoms with van der Waals surface area (Å²) in [5.41, 5.74) is 2.79. The van der Waals surface area contributed by atoms with Gasteiger partial charge in [0.1, 0.15) is 0 Å². The van der Waals surface area contributed by atoms with Crippen LogP contribution in [0.3, 0.4) is 0 Å². The molecule has 2 N–H and O–H groups in total. The van der Waals surface area contributed by atoms with Gasteiger partial charge in [-0.3, -0.25) is 9.52 Å². The fourth-order valence-electron chi connectivity index (χ4n) is 2.64. The molecule has 2 aromatic rings. The Kier molecular flexibility index (Phi) is 6.58. The summed E-state index contributed by atoms with van der Waals surface area (Å²) in [6.07, 6.45) is 3.00. The molecule has 0 aliphatic rings. The third kappa shape index (κ3) is 4.52. The van der Waals surface area contributed by atoms with E-state index in [0.29, 0.717) is 12.2 Å². The summed E-state index contributed by atoms with van der Waals surface area (Å²) in [6, 6.07) is 11.7. The number of aryl methyl sites for hydroxylation is 2. The lowest BCUT2D eigenvalue weighted by molar-refractivity contribution is 0.0958. The van der Waals surface area contributed by atoms with Gasteiger partial charge in [-0.25, -0.2) is 8.42 Å². The van der Waals surface area contributed by atoms with E-state index in [1.54, 1.807) is 18.2 Å². The summed E-state index contributed by atoms with van der Waals surface area (Å²) >= 11 is 0. The van der Waals surface area contributed by atoms with Crippen molar-refractivity contribution in [1.82, 2.24) is 5.32 Å². The molecule has 0 fully saturated rings. The molecule has 0 aliphatic heterocycles. The SMILES string of the molecule is C=CCNC(=O)c1cccc(S(=O)(=O)Nc2c(CC)cccc2CC)c1. The zero-order valence-corrected chi connectivity index (χ0v) is 15.9. The third-order valence-corrected chi connectivity index (χ3v) is 5.40. The molecule has 0 unspecified atom stereocenters. The average molecular weight is 372 g/mol. The van der Waals surface area contributed by atoms with Crippen LogP contribution in [0.2, 0.25) is 0 Å². The standard InChI is InChI=1S/C20H24N2O3S/c1-4-13-21-20(23)17-11-8-12-18(14-17)26(24,25)22-19-15(5-2)9-7-10-16(19)6-3/h4,7-12,14,22H,1,5-6,13H2,2-3H3,(H,21,23). The van der Waals surface area contributed by atoms with Crippen LogP contribution in [0, 0.1) is 0 Å². The molecule has 2 rings (SSSR count). The Morgan fingerprint density at radius 3 is 2.27 bits per heavy atom. The molecule has 0 atom stereocenters. The Bertz CT molecular complexity index is 883. The topological polar surface area (TPSA) is 75.3 Å². The minimum Gasteiger partial charge on any atom is -0.349 e. The molecule has 0 aliphatic carbocycles. The highest BCUT2D eigenvalue weighted by Crippen LogP contribution is 2.26. The van der Waals surface area contributed by atoms with E-state index < -0.39 is 10.0 Å². The van der Waals surface area contributed by atoms with Crippen LogP contribution in [0.4, 0.5) is 5.69 Å². The predicted molar refractivity (Wildman–Crippen MR) is 105 cm³/mol. The Balaban J connectivity index is 2.37. The number of hydrogen-bond acceptors (Lipinski definition) is 3. The molecule has 2 aromatic carbocycles. The number of carbonyl (C=O) groups excluding carboxylic acids is 1. The van der Waals surface area contributed by atoms with Crippen LogP contribution in [0.5, 0.6) is 0 Å². The number of amides is 1. The van der Waals surface area contributed by atoms with Crippen LogP contribution in [0.25, 0.3) is 0 Å². The number of rotatable bonds is 8. The van der Waals surface area contributed by atoms with E-state index >= 15 is 0 Å². The maximum atomic E-state index is 12.9. The van der Waals surface area contributed by atoms with Gasteiger partial charge in [-0.15, -0.1) is 6.58 Å². The summed E-state index contributed by atoms with van der Waals surface area (Å²) in [5, 5.41) is 2.64. The first-order chi connectivity index (χ1) is 12.4. The minimum atomic E-state index is -3.81. The van der Waals surface area contributed by atoms with Crippen molar-refractivity contribution in [2.75, 3.05) is 11.3 Å². The van der Waals surface area contributed by atoms with Gasteiger partial charge in [0.25, 0.3) is 15.9 Å². The van der Waals surface area contributed by atoms with Crippen molar-refractivity contribution in [2.24, 2.45) is 0 Å². The van der Waals surface area contributed by atoms with Crippen molar-refractivity contribution in [3.8, 4) is 0 Å². The lowest BCUT2D eigenvalue weighted by atomic mass is 10.0. The number of para-hydroxylation sites is 1. The summed E-state index contributed by atoms with van der Waals surface area (Å²) < 4.78 is 28.4. The quantitative estimate of drug-likeness (QED) is 0.696. The zero-order valence-electron chi connectivity index (χ0n) is 15.1. The van der Waals surface area contributed by atoms with Gasteiger partial charge in [-0.2, -0.15) is 0 Å². The van der Waals surface area contributed by atoms with Crippen LogP contribution in [-0.4, -0.2) is 20.9 Å². The predicted octanol–water partition coefficient (Wildman–Crippen LogP) is 3.53. The smallest absolute Gasteiger partial charge is 0.261 e. The van der Waals surface area contributed by atoms with Crippen LogP contribution in [0.1, 0.15) is 35.3 Å². The van der Waals surface area contributed by atoms with Crippen molar-refractivity contribution < 1.29 is 13.2 Å². The normalized spacial score (nSPS) is 11.0. The number of benzene rings is 2. The molecule has 0 aromatic heterocycles. The third-order valence-electron chi connectivity index (χ3n) is 4.05. The Morgan fingerprint density at radius 1 is 1.08 bits per heavy atom. The van der Waals surface area contributed by atoms with E-state index in [4.69, 9.17) is 0 Å². The molecule has 5 nitrogen and oxygen atoms in total. The fraction of sp³-hybridized carbons (Fsp3) is 0.250. The maximum Gasteiger partial charge on any atom is 0.261 e. The van der Waals surface area contributed by atoms with Crippen molar-refractivity contribution >= 4 is 21.6 Å². The van der Waals surface area contributed by atoms with Gasteiger partial charge in [0.15, 0.2) is 0 Å². The van der Waals surface area contributed by atoms with E-state index in [-0.39, 0.29) is 16.4 Å². The molecule has 26 heavy (non-hydrogen) atoms. The first kappa shape index (κ1) is 19.7. The van der Waals surface area contributed by atoms with Crippen LogP contribution in [0.15, 0.2) is 60.0 Å². The molecule has 138 valence electrons. The summed E-state index contributed by atoms with van der Waals surface area (Å²) in [7, 11) is -3.81. The highest BCUT2D eigenvalue weighted by Gasteiger charge is 2.19. The molecule has 0 spiro atoms. The second-order valence-corrected chi connectivity index (χ2v) is 7.47. The molecule has 0 radical (unpaired) electrons. The van der Waals surface area contributed by atoms with E-state index in [0.717, 1.165) is 24.0 Å². The number of carbonyl (C=O) groups is 1. The first-order valence-electron chi connectivity index (χ1n) is 8.55. The van der Waals surface area contributed by atoms with Crippen molar-refractivity contribution in [1.29, 1.82) is 0 Å². The Morgan fingerprint density at radius 2 is 1.69 bits per heavy atom. The summed E-state index contributed by atoms with van der Waals surface area (Å²) in [6.45, 7) is 7.83. The average Bonchev–Trinajstić information content (AvgIpc) is 2.66. The number of sulfonamides is 1. The Hall–Kier alpha value is -2.60. The number of nitrogens with one attached hydrogen (secondary N) is 2. The van der Waals surface area contributed by atoms with E-state index in [9.17, 15) is 13.2 Å². The lowest BCUT2D eigenvalue weighted by Crippen LogP contribution is -2.23. The van der Waals surface area contributed by atoms with Gasteiger partial charge in [-0.1, -0.05) is 44.2 Å². The number of anilines is 1. The van der Waals surface area contributed by atoms with E-state index in [2.05, 4.69) is 16.6 Å².